The van der Waals surface area contributed by atoms with E-state index in [2.05, 4.69) is 16.2 Å². The van der Waals surface area contributed by atoms with E-state index < -0.39 is 11.2 Å². The molecule has 9 heteroatoms. The molecule has 144 valence electrons. The maximum atomic E-state index is 12.9. The number of carbonyl (C=O) groups excluding carboxylic acids is 1. The zero-order valence-corrected chi connectivity index (χ0v) is 16.1. The fourth-order valence-corrected chi connectivity index (χ4v) is 2.67. The fraction of sp³-hybridized carbons (Fsp3) is 0.333. The highest BCUT2D eigenvalue weighted by Crippen LogP contribution is 2.04. The Labute approximate surface area is 162 Å². The molecule has 0 radical (unpaired) electrons. The number of aromatic nitrogens is 2. The molecule has 1 aromatic carbocycles. The van der Waals surface area contributed by atoms with Crippen molar-refractivity contribution < 1.29 is 4.79 Å². The molecule has 0 aliphatic rings. The summed E-state index contributed by atoms with van der Waals surface area (Å²) in [6.07, 6.45) is 1.66. The van der Waals surface area contributed by atoms with Crippen molar-refractivity contribution in [2.24, 2.45) is 0 Å². The zero-order chi connectivity index (χ0) is 19.8. The van der Waals surface area contributed by atoms with Gasteiger partial charge in [0.2, 0.25) is 5.91 Å². The molecule has 0 saturated carbocycles. The Morgan fingerprint density at radius 1 is 1.15 bits per heavy atom. The number of nitrogens with one attached hydrogen (secondary N) is 3. The van der Waals surface area contributed by atoms with Gasteiger partial charge in [-0.1, -0.05) is 43.7 Å². The molecule has 0 atom stereocenters. The predicted octanol–water partition coefficient (Wildman–Crippen LogP) is 1.20. The van der Waals surface area contributed by atoms with Crippen LogP contribution >= 0.6 is 12.2 Å². The van der Waals surface area contributed by atoms with Gasteiger partial charge in [0.25, 0.3) is 5.56 Å². The van der Waals surface area contributed by atoms with Gasteiger partial charge in [-0.05, 0) is 24.2 Å². The highest BCUT2D eigenvalue weighted by Gasteiger charge is 2.12. The molecule has 27 heavy (non-hydrogen) atoms. The van der Waals surface area contributed by atoms with E-state index in [-0.39, 0.29) is 23.4 Å². The largest absolute Gasteiger partial charge is 0.332 e. The number of thiocarbonyl (C=S) groups is 1. The quantitative estimate of drug-likeness (QED) is 0.486. The smallest absolute Gasteiger partial charge is 0.302 e. The summed E-state index contributed by atoms with van der Waals surface area (Å²) in [4.78, 5) is 36.4. The topological polar surface area (TPSA) is 97.2 Å². The van der Waals surface area contributed by atoms with Gasteiger partial charge >= 0.3 is 5.69 Å². The van der Waals surface area contributed by atoms with Gasteiger partial charge < -0.3 is 5.32 Å². The van der Waals surface area contributed by atoms with E-state index in [1.54, 1.807) is 0 Å². The monoisotopic (exact) mass is 389 g/mol. The number of rotatable bonds is 7. The Hall–Kier alpha value is -2.94. The Kier molecular flexibility index (Phi) is 7.30. The Morgan fingerprint density at radius 2 is 1.85 bits per heavy atom. The van der Waals surface area contributed by atoms with E-state index in [0.717, 1.165) is 18.4 Å². The third-order valence-electron chi connectivity index (χ3n) is 3.79. The molecule has 3 N–H and O–H groups in total. The second-order valence-electron chi connectivity index (χ2n) is 5.99. The lowest BCUT2D eigenvalue weighted by Crippen LogP contribution is -2.45. The minimum absolute atomic E-state index is 0.0467. The van der Waals surface area contributed by atoms with Crippen LogP contribution in [0.25, 0.3) is 0 Å². The van der Waals surface area contributed by atoms with Gasteiger partial charge in [0.15, 0.2) is 5.11 Å². The van der Waals surface area contributed by atoms with Crippen LogP contribution < -0.4 is 27.4 Å². The Bertz CT molecular complexity index is 921. The van der Waals surface area contributed by atoms with Crippen molar-refractivity contribution >= 4 is 29.1 Å². The third kappa shape index (κ3) is 5.78. The van der Waals surface area contributed by atoms with Crippen LogP contribution in [0.4, 0.5) is 5.82 Å². The van der Waals surface area contributed by atoms with Crippen LogP contribution in [0.1, 0.15) is 32.3 Å². The highest BCUT2D eigenvalue weighted by molar-refractivity contribution is 7.80. The molecular weight excluding hydrogens is 366 g/mol. The molecule has 0 aliphatic carbocycles. The average molecular weight is 389 g/mol. The molecule has 1 amide bonds. The second kappa shape index (κ2) is 9.67. The Balaban J connectivity index is 2.33. The average Bonchev–Trinajstić information content (AvgIpc) is 2.63. The SMILES string of the molecule is CCCCn1c(NNC(=S)NC(C)=O)cc(=O)n(Cc2ccccc2)c1=O. The number of hydrazine groups is 1. The van der Waals surface area contributed by atoms with Crippen molar-refractivity contribution in [3.05, 3.63) is 62.8 Å². The molecule has 0 saturated heterocycles. The molecule has 0 fully saturated rings. The van der Waals surface area contributed by atoms with Crippen LogP contribution in [-0.2, 0) is 17.9 Å². The third-order valence-corrected chi connectivity index (χ3v) is 4.00. The van der Waals surface area contributed by atoms with Crippen LogP contribution in [0.3, 0.4) is 0 Å². The summed E-state index contributed by atoms with van der Waals surface area (Å²) in [6.45, 7) is 3.99. The maximum Gasteiger partial charge on any atom is 0.332 e. The minimum atomic E-state index is -0.425. The first-order valence-corrected chi connectivity index (χ1v) is 9.05. The van der Waals surface area contributed by atoms with Crippen LogP contribution in [0, 0.1) is 0 Å². The highest BCUT2D eigenvalue weighted by atomic mass is 32.1. The summed E-state index contributed by atoms with van der Waals surface area (Å²) in [5, 5.41) is 2.44. The first-order valence-electron chi connectivity index (χ1n) is 8.64. The molecule has 2 aromatic rings. The molecule has 0 aliphatic heterocycles. The molecular formula is C18H23N5O3S. The van der Waals surface area contributed by atoms with E-state index in [0.29, 0.717) is 6.54 Å². The van der Waals surface area contributed by atoms with Crippen LogP contribution in [-0.4, -0.2) is 20.2 Å². The van der Waals surface area contributed by atoms with E-state index in [4.69, 9.17) is 12.2 Å². The fourth-order valence-electron chi connectivity index (χ4n) is 2.48. The van der Waals surface area contributed by atoms with Gasteiger partial charge in [0.1, 0.15) is 5.82 Å². The van der Waals surface area contributed by atoms with Crippen LogP contribution in [0.2, 0.25) is 0 Å². The van der Waals surface area contributed by atoms with Crippen molar-refractivity contribution in [3.63, 3.8) is 0 Å². The van der Waals surface area contributed by atoms with Crippen molar-refractivity contribution in [2.45, 2.75) is 39.8 Å². The number of unbranched alkanes of at least 4 members (excludes halogenated alkanes) is 1. The van der Waals surface area contributed by atoms with Gasteiger partial charge in [-0.3, -0.25) is 29.6 Å². The van der Waals surface area contributed by atoms with Crippen molar-refractivity contribution in [1.29, 1.82) is 0 Å². The molecule has 2 rings (SSSR count). The number of hydrogen-bond donors (Lipinski definition) is 3. The maximum absolute atomic E-state index is 12.9. The number of amides is 1. The van der Waals surface area contributed by atoms with Gasteiger partial charge in [-0.25, -0.2) is 4.79 Å². The summed E-state index contributed by atoms with van der Waals surface area (Å²) < 4.78 is 2.68. The van der Waals surface area contributed by atoms with Crippen LogP contribution in [0.5, 0.6) is 0 Å². The number of anilines is 1. The molecule has 0 unspecified atom stereocenters. The summed E-state index contributed by atoms with van der Waals surface area (Å²) in [6, 6.07) is 10.7. The van der Waals surface area contributed by atoms with E-state index >= 15 is 0 Å². The van der Waals surface area contributed by atoms with E-state index in [9.17, 15) is 14.4 Å². The van der Waals surface area contributed by atoms with Gasteiger partial charge in [0.05, 0.1) is 6.54 Å². The first-order chi connectivity index (χ1) is 12.9. The zero-order valence-electron chi connectivity index (χ0n) is 15.3. The van der Waals surface area contributed by atoms with E-state index in [1.165, 1.54) is 22.1 Å². The number of benzene rings is 1. The van der Waals surface area contributed by atoms with Crippen LogP contribution in [0.15, 0.2) is 46.0 Å². The molecule has 1 heterocycles. The van der Waals surface area contributed by atoms with Gasteiger partial charge in [0, 0.05) is 19.5 Å². The minimum Gasteiger partial charge on any atom is -0.302 e. The lowest BCUT2D eigenvalue weighted by atomic mass is 10.2. The molecule has 8 nitrogen and oxygen atoms in total. The first kappa shape index (κ1) is 20.4. The summed E-state index contributed by atoms with van der Waals surface area (Å²) >= 11 is 4.96. The number of nitrogens with zero attached hydrogens (tertiary/aromatic N) is 2. The lowest BCUT2D eigenvalue weighted by molar-refractivity contribution is -0.117. The lowest BCUT2D eigenvalue weighted by Gasteiger charge is -2.17. The molecule has 0 bridgehead atoms. The molecule has 1 aromatic heterocycles. The number of carbonyl (C=O) groups is 1. The van der Waals surface area contributed by atoms with Crippen molar-refractivity contribution in [1.82, 2.24) is 19.9 Å². The Morgan fingerprint density at radius 3 is 2.48 bits per heavy atom. The van der Waals surface area contributed by atoms with E-state index in [1.807, 2.05) is 37.3 Å². The standard InChI is InChI=1S/C18H23N5O3S/c1-3-4-10-22-15(20-21-17(27)19-13(2)24)11-16(25)23(18(22)26)12-14-8-6-5-7-9-14/h5-9,11,20H,3-4,10,12H2,1-2H3,(H2,19,21,24,27). The summed E-state index contributed by atoms with van der Waals surface area (Å²) in [5.41, 5.74) is 5.39. The number of hydrogen-bond acceptors (Lipinski definition) is 5. The second-order valence-corrected chi connectivity index (χ2v) is 6.40. The van der Waals surface area contributed by atoms with Crippen molar-refractivity contribution in [3.8, 4) is 0 Å². The summed E-state index contributed by atoms with van der Waals surface area (Å²) in [5.74, 6) is -0.0357. The summed E-state index contributed by atoms with van der Waals surface area (Å²) in [7, 11) is 0. The van der Waals surface area contributed by atoms with Gasteiger partial charge in [-0.15, -0.1) is 0 Å². The van der Waals surface area contributed by atoms with Crippen molar-refractivity contribution in [2.75, 3.05) is 5.43 Å². The van der Waals surface area contributed by atoms with Gasteiger partial charge in [-0.2, -0.15) is 0 Å². The predicted molar refractivity (Wildman–Crippen MR) is 109 cm³/mol. The normalized spacial score (nSPS) is 10.3. The molecule has 0 spiro atoms.